The minimum atomic E-state index is -0.259. The number of amides is 2. The number of rotatable bonds is 7. The second-order valence-corrected chi connectivity index (χ2v) is 6.30. The number of hydrogen-bond acceptors (Lipinski definition) is 4. The molecule has 148 valence electrons. The van der Waals surface area contributed by atoms with Crippen LogP contribution in [0.1, 0.15) is 15.9 Å². The zero-order chi connectivity index (χ0) is 20.6. The van der Waals surface area contributed by atoms with Gasteiger partial charge in [0.05, 0.1) is 26.3 Å². The van der Waals surface area contributed by atoms with Gasteiger partial charge < -0.3 is 20.1 Å². The quantitative estimate of drug-likeness (QED) is 0.636. The van der Waals surface area contributed by atoms with Crippen molar-refractivity contribution in [1.29, 1.82) is 0 Å². The third kappa shape index (κ3) is 5.35. The molecule has 6 nitrogen and oxygen atoms in total. The number of carbonyl (C=O) groups excluding carboxylic acids is 2. The second kappa shape index (κ2) is 9.41. The van der Waals surface area contributed by atoms with Gasteiger partial charge in [0.25, 0.3) is 5.91 Å². The average Bonchev–Trinajstić information content (AvgIpc) is 2.75. The van der Waals surface area contributed by atoms with E-state index >= 15 is 0 Å². The van der Waals surface area contributed by atoms with Crippen LogP contribution in [0, 0.1) is 0 Å². The molecule has 0 aliphatic heterocycles. The van der Waals surface area contributed by atoms with Gasteiger partial charge >= 0.3 is 0 Å². The van der Waals surface area contributed by atoms with Crippen molar-refractivity contribution < 1.29 is 19.1 Å². The normalized spacial score (nSPS) is 10.1. The number of para-hydroxylation sites is 2. The second-order valence-electron chi connectivity index (χ2n) is 6.30. The Morgan fingerprint density at radius 1 is 0.793 bits per heavy atom. The summed E-state index contributed by atoms with van der Waals surface area (Å²) in [4.78, 5) is 24.7. The molecule has 0 radical (unpaired) electrons. The van der Waals surface area contributed by atoms with E-state index in [2.05, 4.69) is 10.6 Å². The molecule has 0 heterocycles. The van der Waals surface area contributed by atoms with E-state index < -0.39 is 0 Å². The highest BCUT2D eigenvalue weighted by molar-refractivity contribution is 6.05. The van der Waals surface area contributed by atoms with E-state index in [-0.39, 0.29) is 18.2 Å². The van der Waals surface area contributed by atoms with Crippen molar-refractivity contribution in [2.75, 3.05) is 24.9 Å². The van der Waals surface area contributed by atoms with Crippen LogP contribution in [0.4, 0.5) is 11.4 Å². The first-order valence-electron chi connectivity index (χ1n) is 9.06. The molecule has 3 aromatic rings. The number of benzene rings is 3. The fourth-order valence-electron chi connectivity index (χ4n) is 2.78. The van der Waals surface area contributed by atoms with E-state index in [1.807, 2.05) is 36.4 Å². The molecule has 0 saturated heterocycles. The van der Waals surface area contributed by atoms with Gasteiger partial charge in [0.1, 0.15) is 11.5 Å². The number of anilines is 2. The van der Waals surface area contributed by atoms with Gasteiger partial charge in [-0.3, -0.25) is 9.59 Å². The van der Waals surface area contributed by atoms with Crippen LogP contribution in [-0.2, 0) is 11.2 Å². The standard InChI is InChI=1S/C23H22N2O4/c1-28-19-13-7-16(8-14-19)15-22(26)24-18-11-9-17(10-12-18)23(27)25-20-5-3-4-6-21(20)29-2/h3-14H,15H2,1-2H3,(H,24,26)(H,25,27). The van der Waals surface area contributed by atoms with Gasteiger partial charge in [-0.15, -0.1) is 0 Å². The first kappa shape index (κ1) is 19.9. The first-order valence-corrected chi connectivity index (χ1v) is 9.06. The molecule has 0 atom stereocenters. The Hall–Kier alpha value is -3.80. The van der Waals surface area contributed by atoms with Crippen molar-refractivity contribution in [3.8, 4) is 11.5 Å². The van der Waals surface area contributed by atoms with Gasteiger partial charge in [0, 0.05) is 11.3 Å². The van der Waals surface area contributed by atoms with Crippen molar-refractivity contribution in [2.24, 2.45) is 0 Å². The molecule has 29 heavy (non-hydrogen) atoms. The molecule has 3 aromatic carbocycles. The average molecular weight is 390 g/mol. The molecular formula is C23H22N2O4. The largest absolute Gasteiger partial charge is 0.497 e. The summed E-state index contributed by atoms with van der Waals surface area (Å²) in [5.74, 6) is 0.936. The predicted octanol–water partition coefficient (Wildman–Crippen LogP) is 4.14. The van der Waals surface area contributed by atoms with Crippen LogP contribution < -0.4 is 20.1 Å². The first-order chi connectivity index (χ1) is 14.1. The molecule has 6 heteroatoms. The molecule has 0 aliphatic rings. The predicted molar refractivity (Wildman–Crippen MR) is 113 cm³/mol. The van der Waals surface area contributed by atoms with Gasteiger partial charge in [-0.05, 0) is 54.1 Å². The summed E-state index contributed by atoms with van der Waals surface area (Å²) in [7, 11) is 3.15. The van der Waals surface area contributed by atoms with E-state index in [1.54, 1.807) is 50.6 Å². The minimum absolute atomic E-state index is 0.138. The summed E-state index contributed by atoms with van der Waals surface area (Å²) in [6.07, 6.45) is 0.250. The Morgan fingerprint density at radius 2 is 1.48 bits per heavy atom. The van der Waals surface area contributed by atoms with Crippen molar-refractivity contribution >= 4 is 23.2 Å². The highest BCUT2D eigenvalue weighted by Gasteiger charge is 2.10. The number of methoxy groups -OCH3 is 2. The van der Waals surface area contributed by atoms with E-state index in [0.717, 1.165) is 11.3 Å². The van der Waals surface area contributed by atoms with Crippen molar-refractivity contribution in [3.05, 3.63) is 83.9 Å². The molecule has 3 rings (SSSR count). The number of carbonyl (C=O) groups is 2. The zero-order valence-corrected chi connectivity index (χ0v) is 16.3. The molecule has 2 N–H and O–H groups in total. The summed E-state index contributed by atoms with van der Waals surface area (Å²) < 4.78 is 10.3. The lowest BCUT2D eigenvalue weighted by atomic mass is 10.1. The minimum Gasteiger partial charge on any atom is -0.497 e. The van der Waals surface area contributed by atoms with Crippen LogP contribution in [0.25, 0.3) is 0 Å². The molecule has 0 saturated carbocycles. The smallest absolute Gasteiger partial charge is 0.255 e. The van der Waals surface area contributed by atoms with Crippen molar-refractivity contribution in [2.45, 2.75) is 6.42 Å². The monoisotopic (exact) mass is 390 g/mol. The van der Waals surface area contributed by atoms with Crippen LogP contribution in [0.3, 0.4) is 0 Å². The van der Waals surface area contributed by atoms with Crippen LogP contribution in [0.2, 0.25) is 0 Å². The van der Waals surface area contributed by atoms with Gasteiger partial charge in [0.15, 0.2) is 0 Å². The lowest BCUT2D eigenvalue weighted by Crippen LogP contribution is -2.15. The zero-order valence-electron chi connectivity index (χ0n) is 16.3. The summed E-state index contributed by atoms with van der Waals surface area (Å²) in [6, 6.07) is 21.2. The molecule has 0 unspecified atom stereocenters. The Kier molecular flexibility index (Phi) is 6.47. The van der Waals surface area contributed by atoms with E-state index in [4.69, 9.17) is 9.47 Å². The summed E-state index contributed by atoms with van der Waals surface area (Å²) in [5, 5.41) is 5.65. The van der Waals surface area contributed by atoms with Crippen LogP contribution in [-0.4, -0.2) is 26.0 Å². The van der Waals surface area contributed by atoms with Gasteiger partial charge in [-0.25, -0.2) is 0 Å². The maximum absolute atomic E-state index is 12.4. The Labute approximate surface area is 169 Å². The SMILES string of the molecule is COc1ccc(CC(=O)Nc2ccc(C(=O)Nc3ccccc3OC)cc2)cc1. The fraction of sp³-hybridized carbons (Fsp3) is 0.130. The van der Waals surface area contributed by atoms with Crippen LogP contribution in [0.5, 0.6) is 11.5 Å². The lowest BCUT2D eigenvalue weighted by Gasteiger charge is -2.10. The third-order valence-corrected chi connectivity index (χ3v) is 4.31. The number of nitrogens with one attached hydrogen (secondary N) is 2. The summed E-state index contributed by atoms with van der Waals surface area (Å²) in [5.41, 5.74) is 2.58. The molecule has 0 fully saturated rings. The Bertz CT molecular complexity index is 983. The molecule has 0 aromatic heterocycles. The van der Waals surface area contributed by atoms with Crippen molar-refractivity contribution in [1.82, 2.24) is 0 Å². The van der Waals surface area contributed by atoms with Gasteiger partial charge in [0.2, 0.25) is 5.91 Å². The number of hydrogen-bond donors (Lipinski definition) is 2. The lowest BCUT2D eigenvalue weighted by molar-refractivity contribution is -0.115. The highest BCUT2D eigenvalue weighted by Crippen LogP contribution is 2.24. The summed E-state index contributed by atoms with van der Waals surface area (Å²) in [6.45, 7) is 0. The third-order valence-electron chi connectivity index (χ3n) is 4.31. The fourth-order valence-corrected chi connectivity index (χ4v) is 2.78. The molecule has 0 bridgehead atoms. The van der Waals surface area contributed by atoms with Gasteiger partial charge in [-0.2, -0.15) is 0 Å². The molecule has 0 spiro atoms. The van der Waals surface area contributed by atoms with Crippen LogP contribution in [0.15, 0.2) is 72.8 Å². The van der Waals surface area contributed by atoms with Gasteiger partial charge in [-0.1, -0.05) is 24.3 Å². The Morgan fingerprint density at radius 3 is 2.14 bits per heavy atom. The maximum atomic E-state index is 12.4. The van der Waals surface area contributed by atoms with E-state index in [0.29, 0.717) is 22.7 Å². The molecule has 2 amide bonds. The van der Waals surface area contributed by atoms with Crippen molar-refractivity contribution in [3.63, 3.8) is 0 Å². The van der Waals surface area contributed by atoms with Crippen LogP contribution >= 0.6 is 0 Å². The summed E-state index contributed by atoms with van der Waals surface area (Å²) >= 11 is 0. The van der Waals surface area contributed by atoms with E-state index in [1.165, 1.54) is 0 Å². The number of ether oxygens (including phenoxy) is 2. The topological polar surface area (TPSA) is 76.7 Å². The maximum Gasteiger partial charge on any atom is 0.255 e. The molecule has 0 aliphatic carbocycles. The Balaban J connectivity index is 1.59. The highest BCUT2D eigenvalue weighted by atomic mass is 16.5. The van der Waals surface area contributed by atoms with E-state index in [9.17, 15) is 9.59 Å². The molecular weight excluding hydrogens is 368 g/mol.